The molecule has 31 heavy (non-hydrogen) atoms. The van der Waals surface area contributed by atoms with E-state index in [-0.39, 0.29) is 11.8 Å². The molecule has 2 aromatic carbocycles. The first-order valence-corrected chi connectivity index (χ1v) is 12.5. The standard InChI is InChI=1S/C24H35N3O3S/c1-6-26(7-2)31(29,30)23-13-11-20(12-14-23)24(21-9-8-10-22(28)15-21)27-17-18(3)25(5)16-19(27)4/h8-15,18-19,24,28H,6-7,16-17H2,1-5H3/t18-,19+,24?/m0/s1. The summed E-state index contributed by atoms with van der Waals surface area (Å²) in [6.45, 7) is 10.9. The van der Waals surface area contributed by atoms with Crippen LogP contribution in [0, 0.1) is 0 Å². The van der Waals surface area contributed by atoms with Crippen LogP contribution < -0.4 is 0 Å². The van der Waals surface area contributed by atoms with Crippen LogP contribution in [0.4, 0.5) is 0 Å². The lowest BCUT2D eigenvalue weighted by molar-refractivity contribution is 0.0389. The van der Waals surface area contributed by atoms with Gasteiger partial charge in [0.2, 0.25) is 10.0 Å². The van der Waals surface area contributed by atoms with E-state index in [2.05, 4.69) is 30.7 Å². The average Bonchev–Trinajstić information content (AvgIpc) is 2.73. The zero-order valence-electron chi connectivity index (χ0n) is 19.2. The van der Waals surface area contributed by atoms with Crippen LogP contribution in [0.25, 0.3) is 0 Å². The van der Waals surface area contributed by atoms with Gasteiger partial charge in [-0.3, -0.25) is 4.90 Å². The Morgan fingerprint density at radius 3 is 2.23 bits per heavy atom. The van der Waals surface area contributed by atoms with Crippen molar-refractivity contribution in [1.82, 2.24) is 14.1 Å². The van der Waals surface area contributed by atoms with Crippen LogP contribution in [-0.2, 0) is 10.0 Å². The van der Waals surface area contributed by atoms with E-state index in [1.165, 1.54) is 4.31 Å². The molecule has 170 valence electrons. The van der Waals surface area contributed by atoms with Gasteiger partial charge >= 0.3 is 0 Å². The Hall–Kier alpha value is -1.93. The monoisotopic (exact) mass is 445 g/mol. The Labute approximate surface area is 187 Å². The summed E-state index contributed by atoms with van der Waals surface area (Å²) >= 11 is 0. The molecule has 1 N–H and O–H groups in total. The van der Waals surface area contributed by atoms with Crippen molar-refractivity contribution in [2.24, 2.45) is 0 Å². The van der Waals surface area contributed by atoms with E-state index in [1.807, 2.05) is 38.1 Å². The van der Waals surface area contributed by atoms with E-state index in [4.69, 9.17) is 0 Å². The molecule has 1 saturated heterocycles. The van der Waals surface area contributed by atoms with Gasteiger partial charge < -0.3 is 10.0 Å². The molecule has 1 heterocycles. The second-order valence-corrected chi connectivity index (χ2v) is 10.4. The highest BCUT2D eigenvalue weighted by molar-refractivity contribution is 7.89. The van der Waals surface area contributed by atoms with Crippen LogP contribution >= 0.6 is 0 Å². The SMILES string of the molecule is CCN(CC)S(=O)(=O)c1ccc(C(c2cccc(O)c2)N2C[C@H](C)N(C)C[C@H]2C)cc1. The lowest BCUT2D eigenvalue weighted by Crippen LogP contribution is -2.55. The number of phenolic OH excluding ortho intramolecular Hbond substituents is 1. The third-order valence-electron chi connectivity index (χ3n) is 6.40. The molecule has 1 aliphatic rings. The molecule has 0 amide bonds. The van der Waals surface area contributed by atoms with Crippen molar-refractivity contribution in [2.75, 3.05) is 33.2 Å². The summed E-state index contributed by atoms with van der Waals surface area (Å²) in [6.07, 6.45) is 0. The average molecular weight is 446 g/mol. The molecule has 0 aliphatic carbocycles. The number of aromatic hydroxyl groups is 1. The Kier molecular flexibility index (Phi) is 7.42. The summed E-state index contributed by atoms with van der Waals surface area (Å²) in [6, 6.07) is 15.3. The number of benzene rings is 2. The Morgan fingerprint density at radius 1 is 1.00 bits per heavy atom. The highest BCUT2D eigenvalue weighted by Crippen LogP contribution is 2.34. The lowest BCUT2D eigenvalue weighted by atomic mass is 9.93. The predicted octanol–water partition coefficient (Wildman–Crippen LogP) is 3.54. The quantitative estimate of drug-likeness (QED) is 0.706. The zero-order chi connectivity index (χ0) is 22.8. The summed E-state index contributed by atoms with van der Waals surface area (Å²) in [5.41, 5.74) is 2.02. The van der Waals surface area contributed by atoms with Crippen molar-refractivity contribution >= 4 is 10.0 Å². The fraction of sp³-hybridized carbons (Fsp3) is 0.500. The Balaban J connectivity index is 2.02. The van der Waals surface area contributed by atoms with Gasteiger partial charge in [0.05, 0.1) is 10.9 Å². The number of hydrogen-bond acceptors (Lipinski definition) is 5. The van der Waals surface area contributed by atoms with Crippen LogP contribution in [0.5, 0.6) is 5.75 Å². The number of rotatable bonds is 7. The first-order valence-electron chi connectivity index (χ1n) is 11.0. The number of likely N-dealkylation sites (N-methyl/N-ethyl adjacent to an activating group) is 1. The highest BCUT2D eigenvalue weighted by atomic mass is 32.2. The van der Waals surface area contributed by atoms with E-state index in [0.717, 1.165) is 24.2 Å². The van der Waals surface area contributed by atoms with Crippen molar-refractivity contribution in [3.05, 3.63) is 59.7 Å². The summed E-state index contributed by atoms with van der Waals surface area (Å²) in [4.78, 5) is 5.13. The fourth-order valence-electron chi connectivity index (χ4n) is 4.49. The molecule has 1 fully saturated rings. The molecule has 3 atom stereocenters. The topological polar surface area (TPSA) is 64.1 Å². The number of hydrogen-bond donors (Lipinski definition) is 1. The first-order chi connectivity index (χ1) is 14.7. The highest BCUT2D eigenvalue weighted by Gasteiger charge is 2.34. The van der Waals surface area contributed by atoms with Crippen molar-refractivity contribution in [2.45, 2.75) is 50.7 Å². The predicted molar refractivity (Wildman–Crippen MR) is 125 cm³/mol. The van der Waals surface area contributed by atoms with Crippen LogP contribution in [-0.4, -0.2) is 72.9 Å². The van der Waals surface area contributed by atoms with E-state index in [0.29, 0.717) is 30.1 Å². The minimum absolute atomic E-state index is 0.0662. The third-order valence-corrected chi connectivity index (χ3v) is 8.47. The second kappa shape index (κ2) is 9.69. The van der Waals surface area contributed by atoms with Gasteiger partial charge in [0.1, 0.15) is 5.75 Å². The van der Waals surface area contributed by atoms with Gasteiger partial charge in [-0.25, -0.2) is 8.42 Å². The lowest BCUT2D eigenvalue weighted by Gasteiger charge is -2.46. The van der Waals surface area contributed by atoms with E-state index >= 15 is 0 Å². The maximum Gasteiger partial charge on any atom is 0.243 e. The summed E-state index contributed by atoms with van der Waals surface area (Å²) < 4.78 is 27.3. The molecule has 0 saturated carbocycles. The van der Waals surface area contributed by atoms with Crippen molar-refractivity contribution < 1.29 is 13.5 Å². The summed E-state index contributed by atoms with van der Waals surface area (Å²) in [5, 5.41) is 10.1. The van der Waals surface area contributed by atoms with E-state index < -0.39 is 10.0 Å². The van der Waals surface area contributed by atoms with Crippen molar-refractivity contribution in [1.29, 1.82) is 0 Å². The smallest absolute Gasteiger partial charge is 0.243 e. The second-order valence-electron chi connectivity index (χ2n) is 8.49. The molecular weight excluding hydrogens is 410 g/mol. The van der Waals surface area contributed by atoms with E-state index in [9.17, 15) is 13.5 Å². The minimum Gasteiger partial charge on any atom is -0.508 e. The van der Waals surface area contributed by atoms with Gasteiger partial charge in [-0.2, -0.15) is 4.31 Å². The summed E-state index contributed by atoms with van der Waals surface area (Å²) in [5.74, 6) is 0.234. The Morgan fingerprint density at radius 2 is 1.65 bits per heavy atom. The normalized spacial score (nSPS) is 22.0. The molecular formula is C24H35N3O3S. The first kappa shape index (κ1) is 23.7. The molecule has 1 unspecified atom stereocenters. The van der Waals surface area contributed by atoms with Gasteiger partial charge in [0.15, 0.2) is 0 Å². The molecule has 0 spiro atoms. The maximum absolute atomic E-state index is 12.9. The van der Waals surface area contributed by atoms with Crippen LogP contribution in [0.3, 0.4) is 0 Å². The molecule has 0 radical (unpaired) electrons. The van der Waals surface area contributed by atoms with Crippen LogP contribution in [0.15, 0.2) is 53.4 Å². The number of nitrogens with zero attached hydrogens (tertiary/aromatic N) is 3. The third kappa shape index (κ3) is 4.95. The molecule has 3 rings (SSSR count). The van der Waals surface area contributed by atoms with Crippen LogP contribution in [0.2, 0.25) is 0 Å². The van der Waals surface area contributed by atoms with Gasteiger partial charge in [-0.05, 0) is 56.3 Å². The van der Waals surface area contributed by atoms with E-state index in [1.54, 1.807) is 24.3 Å². The number of piperazine rings is 1. The van der Waals surface area contributed by atoms with Crippen molar-refractivity contribution in [3.63, 3.8) is 0 Å². The molecule has 6 nitrogen and oxygen atoms in total. The molecule has 1 aliphatic heterocycles. The largest absolute Gasteiger partial charge is 0.508 e. The minimum atomic E-state index is -3.49. The van der Waals surface area contributed by atoms with Gasteiger partial charge in [0.25, 0.3) is 0 Å². The fourth-order valence-corrected chi connectivity index (χ4v) is 5.95. The van der Waals surface area contributed by atoms with Crippen LogP contribution in [0.1, 0.15) is 44.9 Å². The maximum atomic E-state index is 12.9. The van der Waals surface area contributed by atoms with Crippen molar-refractivity contribution in [3.8, 4) is 5.75 Å². The molecule has 0 aromatic heterocycles. The Bertz CT molecular complexity index is 974. The molecule has 7 heteroatoms. The summed E-state index contributed by atoms with van der Waals surface area (Å²) in [7, 11) is -1.35. The zero-order valence-corrected chi connectivity index (χ0v) is 20.0. The number of phenols is 1. The molecule has 2 aromatic rings. The van der Waals surface area contributed by atoms with Gasteiger partial charge in [-0.15, -0.1) is 0 Å². The number of sulfonamides is 1. The van der Waals surface area contributed by atoms with Gasteiger partial charge in [-0.1, -0.05) is 38.1 Å². The molecule has 0 bridgehead atoms. The van der Waals surface area contributed by atoms with Gasteiger partial charge in [0, 0.05) is 38.3 Å².